The summed E-state index contributed by atoms with van der Waals surface area (Å²) in [6, 6.07) is 9.27. The zero-order valence-electron chi connectivity index (χ0n) is 15.4. The Kier molecular flexibility index (Phi) is 6.57. The second kappa shape index (κ2) is 8.48. The molecule has 0 bridgehead atoms. The molecule has 2 aromatic rings. The van der Waals surface area contributed by atoms with Gasteiger partial charge in [-0.1, -0.05) is 6.07 Å². The van der Waals surface area contributed by atoms with E-state index >= 15 is 0 Å². The van der Waals surface area contributed by atoms with Crippen molar-refractivity contribution in [3.63, 3.8) is 0 Å². The Morgan fingerprint density at radius 1 is 1.19 bits per heavy atom. The van der Waals surface area contributed by atoms with Gasteiger partial charge in [0.05, 0.1) is 17.2 Å². The van der Waals surface area contributed by atoms with E-state index in [1.165, 1.54) is 12.1 Å². The van der Waals surface area contributed by atoms with Crippen LogP contribution >= 0.6 is 0 Å². The topological polar surface area (TPSA) is 91.6 Å². The zero-order chi connectivity index (χ0) is 19.3. The molecule has 26 heavy (non-hydrogen) atoms. The molecular formula is C18H25N3O4S. The van der Waals surface area contributed by atoms with Gasteiger partial charge >= 0.3 is 0 Å². The van der Waals surface area contributed by atoms with Crippen molar-refractivity contribution in [2.24, 2.45) is 0 Å². The van der Waals surface area contributed by atoms with Gasteiger partial charge < -0.3 is 9.73 Å². The van der Waals surface area contributed by atoms with Gasteiger partial charge in [0, 0.05) is 18.2 Å². The van der Waals surface area contributed by atoms with Gasteiger partial charge in [-0.2, -0.15) is 0 Å². The monoisotopic (exact) mass is 379 g/mol. The van der Waals surface area contributed by atoms with Crippen LogP contribution < -0.4 is 10.0 Å². The second-order valence-electron chi connectivity index (χ2n) is 6.51. The molecule has 142 valence electrons. The average molecular weight is 379 g/mol. The van der Waals surface area contributed by atoms with Crippen LogP contribution in [-0.2, 0) is 10.0 Å². The summed E-state index contributed by atoms with van der Waals surface area (Å²) in [5, 5.41) is 2.83. The first kappa shape index (κ1) is 20.2. The zero-order valence-corrected chi connectivity index (χ0v) is 16.2. The minimum Gasteiger partial charge on any atom is -0.468 e. The molecule has 0 radical (unpaired) electrons. The summed E-state index contributed by atoms with van der Waals surface area (Å²) in [6.07, 6.45) is 1.59. The molecule has 0 aliphatic rings. The van der Waals surface area contributed by atoms with E-state index in [1.807, 2.05) is 25.1 Å². The molecule has 2 N–H and O–H groups in total. The summed E-state index contributed by atoms with van der Waals surface area (Å²) < 4.78 is 32.5. The fraction of sp³-hybridized carbons (Fsp3) is 0.389. The molecule has 0 fully saturated rings. The molecule has 7 nitrogen and oxygen atoms in total. The van der Waals surface area contributed by atoms with Crippen LogP contribution in [0.4, 0.5) is 0 Å². The average Bonchev–Trinajstić information content (AvgIpc) is 3.07. The minimum absolute atomic E-state index is 0.0639. The number of amides is 1. The summed E-state index contributed by atoms with van der Waals surface area (Å²) in [5.74, 6) is 0.401. The van der Waals surface area contributed by atoms with Gasteiger partial charge in [-0.3, -0.25) is 9.69 Å². The Balaban J connectivity index is 2.11. The summed E-state index contributed by atoms with van der Waals surface area (Å²) in [7, 11) is 0.137. The third kappa shape index (κ3) is 5.17. The Labute approximate surface area is 154 Å². The van der Waals surface area contributed by atoms with Crippen LogP contribution in [0.3, 0.4) is 0 Å². The molecule has 0 saturated heterocycles. The fourth-order valence-electron chi connectivity index (χ4n) is 2.49. The number of carbonyl (C=O) groups excluding carboxylic acids is 1. The minimum atomic E-state index is -3.65. The number of hydrogen-bond donors (Lipinski definition) is 2. The van der Waals surface area contributed by atoms with Crippen LogP contribution in [0.2, 0.25) is 0 Å². The quantitative estimate of drug-likeness (QED) is 0.732. The third-order valence-corrected chi connectivity index (χ3v) is 5.40. The Morgan fingerprint density at radius 2 is 1.92 bits per heavy atom. The standard InChI is InChI=1S/C18H25N3O4S/c1-13(2)20-26(23,24)15-8-5-7-14(11-15)18(22)19-12-16(21(3)4)17-9-6-10-25-17/h5-11,13,16,20H,12H2,1-4H3,(H,19,22). The molecule has 2 rings (SSSR count). The summed E-state index contributed by atoms with van der Waals surface area (Å²) in [4.78, 5) is 14.5. The predicted molar refractivity (Wildman–Crippen MR) is 99.4 cm³/mol. The third-order valence-electron chi connectivity index (χ3n) is 3.75. The van der Waals surface area contributed by atoms with Gasteiger partial charge in [0.25, 0.3) is 5.91 Å². The van der Waals surface area contributed by atoms with E-state index in [0.717, 1.165) is 5.76 Å². The lowest BCUT2D eigenvalue weighted by Gasteiger charge is -2.22. The maximum atomic E-state index is 12.5. The molecule has 0 aliphatic carbocycles. The second-order valence-corrected chi connectivity index (χ2v) is 8.22. The van der Waals surface area contributed by atoms with E-state index in [-0.39, 0.29) is 28.4 Å². The molecule has 1 aromatic heterocycles. The van der Waals surface area contributed by atoms with E-state index < -0.39 is 10.0 Å². The first-order chi connectivity index (χ1) is 12.2. The largest absolute Gasteiger partial charge is 0.468 e. The highest BCUT2D eigenvalue weighted by atomic mass is 32.2. The SMILES string of the molecule is CC(C)NS(=O)(=O)c1cccc(C(=O)NCC(c2ccco2)N(C)C)c1. The maximum absolute atomic E-state index is 12.5. The van der Waals surface area contributed by atoms with E-state index in [4.69, 9.17) is 4.42 Å². The molecule has 1 atom stereocenters. The van der Waals surface area contributed by atoms with Gasteiger partial charge in [0.2, 0.25) is 10.0 Å². The summed E-state index contributed by atoms with van der Waals surface area (Å²) in [5.41, 5.74) is 0.286. The van der Waals surface area contributed by atoms with Crippen molar-refractivity contribution in [3.8, 4) is 0 Å². The van der Waals surface area contributed by atoms with Crippen molar-refractivity contribution in [2.45, 2.75) is 30.8 Å². The number of nitrogens with one attached hydrogen (secondary N) is 2. The highest BCUT2D eigenvalue weighted by Crippen LogP contribution is 2.18. The van der Waals surface area contributed by atoms with Crippen molar-refractivity contribution >= 4 is 15.9 Å². The fourth-order valence-corrected chi connectivity index (χ4v) is 3.79. The Morgan fingerprint density at radius 3 is 2.50 bits per heavy atom. The molecule has 0 saturated carbocycles. The Hall–Kier alpha value is -2.16. The first-order valence-electron chi connectivity index (χ1n) is 8.31. The number of hydrogen-bond acceptors (Lipinski definition) is 5. The van der Waals surface area contributed by atoms with E-state index in [9.17, 15) is 13.2 Å². The van der Waals surface area contributed by atoms with Gasteiger partial charge in [0.1, 0.15) is 5.76 Å². The molecule has 1 aromatic carbocycles. The number of likely N-dealkylation sites (N-methyl/N-ethyl adjacent to an activating group) is 1. The molecule has 0 spiro atoms. The lowest BCUT2D eigenvalue weighted by molar-refractivity contribution is 0.0939. The predicted octanol–water partition coefficient (Wildman–Crippen LogP) is 2.00. The van der Waals surface area contributed by atoms with Crippen LogP contribution in [-0.4, -0.2) is 45.9 Å². The molecule has 8 heteroatoms. The molecular weight excluding hydrogens is 354 g/mol. The number of furan rings is 1. The van der Waals surface area contributed by atoms with Crippen LogP contribution in [0, 0.1) is 0 Å². The number of nitrogens with zero attached hydrogens (tertiary/aromatic N) is 1. The van der Waals surface area contributed by atoms with Crippen molar-refractivity contribution < 1.29 is 17.6 Å². The van der Waals surface area contributed by atoms with Gasteiger partial charge in [0.15, 0.2) is 0 Å². The van der Waals surface area contributed by atoms with Gasteiger partial charge in [-0.15, -0.1) is 0 Å². The van der Waals surface area contributed by atoms with Crippen LogP contribution in [0.15, 0.2) is 52.0 Å². The van der Waals surface area contributed by atoms with Crippen molar-refractivity contribution in [3.05, 3.63) is 54.0 Å². The van der Waals surface area contributed by atoms with Crippen molar-refractivity contribution in [1.29, 1.82) is 0 Å². The highest BCUT2D eigenvalue weighted by Gasteiger charge is 2.20. The molecule has 0 aliphatic heterocycles. The Bertz CT molecular complexity index is 830. The van der Waals surface area contributed by atoms with E-state index in [1.54, 1.807) is 38.3 Å². The van der Waals surface area contributed by atoms with Crippen molar-refractivity contribution in [2.75, 3.05) is 20.6 Å². The number of sulfonamides is 1. The summed E-state index contributed by atoms with van der Waals surface area (Å²) >= 11 is 0. The lowest BCUT2D eigenvalue weighted by Crippen LogP contribution is -2.34. The summed E-state index contributed by atoms with van der Waals surface area (Å²) in [6.45, 7) is 3.81. The molecule has 1 amide bonds. The molecule has 1 heterocycles. The van der Waals surface area contributed by atoms with Gasteiger partial charge in [-0.05, 0) is 58.3 Å². The smallest absolute Gasteiger partial charge is 0.251 e. The highest BCUT2D eigenvalue weighted by molar-refractivity contribution is 7.89. The lowest BCUT2D eigenvalue weighted by atomic mass is 10.2. The van der Waals surface area contributed by atoms with E-state index in [2.05, 4.69) is 10.0 Å². The van der Waals surface area contributed by atoms with E-state index in [0.29, 0.717) is 6.54 Å². The van der Waals surface area contributed by atoms with Gasteiger partial charge in [-0.25, -0.2) is 13.1 Å². The maximum Gasteiger partial charge on any atom is 0.251 e. The van der Waals surface area contributed by atoms with Crippen LogP contribution in [0.1, 0.15) is 36.0 Å². The normalized spacial score (nSPS) is 13.2. The first-order valence-corrected chi connectivity index (χ1v) is 9.79. The number of benzene rings is 1. The molecule has 1 unspecified atom stereocenters. The number of rotatable bonds is 8. The van der Waals surface area contributed by atoms with Crippen LogP contribution in [0.25, 0.3) is 0 Å². The van der Waals surface area contributed by atoms with Crippen molar-refractivity contribution in [1.82, 2.24) is 14.9 Å². The number of carbonyl (C=O) groups is 1. The van der Waals surface area contributed by atoms with Crippen LogP contribution in [0.5, 0.6) is 0 Å².